The van der Waals surface area contributed by atoms with Crippen LogP contribution in [-0.4, -0.2) is 65.4 Å². The smallest absolute Gasteiger partial charge is 0.223 e. The second kappa shape index (κ2) is 7.53. The molecule has 2 aliphatic heterocycles. The van der Waals surface area contributed by atoms with Gasteiger partial charge in [-0.3, -0.25) is 9.80 Å². The van der Waals surface area contributed by atoms with Crippen LogP contribution in [0.1, 0.15) is 43.8 Å². The van der Waals surface area contributed by atoms with Crippen molar-refractivity contribution in [3.63, 3.8) is 0 Å². The van der Waals surface area contributed by atoms with Gasteiger partial charge in [0.25, 0.3) is 0 Å². The second-order valence-electron chi connectivity index (χ2n) is 6.69. The van der Waals surface area contributed by atoms with Gasteiger partial charge in [-0.2, -0.15) is 4.98 Å². The van der Waals surface area contributed by atoms with Crippen LogP contribution in [0.4, 0.5) is 0 Å². The number of hydrogen-bond donors (Lipinski definition) is 0. The van der Waals surface area contributed by atoms with Crippen LogP contribution in [0.5, 0.6) is 0 Å². The third kappa shape index (κ3) is 4.27. The summed E-state index contributed by atoms with van der Waals surface area (Å²) in [4.78, 5) is 9.25. The molecule has 3 rings (SSSR count). The third-order valence-corrected chi connectivity index (χ3v) is 4.80. The summed E-state index contributed by atoms with van der Waals surface area (Å²) in [5, 5.41) is 4.01. The Hall–Kier alpha value is -0.980. The maximum absolute atomic E-state index is 5.88. The SMILES string of the molecule is Cc1nc(CN2CCC[C@@H](N(C)C[C@H]3CCCCO3)C2)no1. The van der Waals surface area contributed by atoms with Crippen LogP contribution in [0.25, 0.3) is 0 Å². The Morgan fingerprint density at radius 3 is 2.91 bits per heavy atom. The van der Waals surface area contributed by atoms with Crippen molar-refractivity contribution in [3.05, 3.63) is 11.7 Å². The quantitative estimate of drug-likeness (QED) is 0.827. The molecule has 6 heteroatoms. The fraction of sp³-hybridized carbons (Fsp3) is 0.875. The second-order valence-corrected chi connectivity index (χ2v) is 6.69. The first-order chi connectivity index (χ1) is 10.7. The fourth-order valence-electron chi connectivity index (χ4n) is 3.56. The molecule has 22 heavy (non-hydrogen) atoms. The average molecular weight is 308 g/mol. The van der Waals surface area contributed by atoms with Gasteiger partial charge in [-0.05, 0) is 45.7 Å². The van der Waals surface area contributed by atoms with Gasteiger partial charge in [0.05, 0.1) is 12.6 Å². The number of hydrogen-bond acceptors (Lipinski definition) is 6. The van der Waals surface area contributed by atoms with Gasteiger partial charge in [0.1, 0.15) is 0 Å². The largest absolute Gasteiger partial charge is 0.377 e. The number of piperidine rings is 1. The summed E-state index contributed by atoms with van der Waals surface area (Å²) in [6.45, 7) is 6.83. The number of rotatable bonds is 5. The highest BCUT2D eigenvalue weighted by Crippen LogP contribution is 2.19. The van der Waals surface area contributed by atoms with Gasteiger partial charge in [0.2, 0.25) is 5.89 Å². The highest BCUT2D eigenvalue weighted by molar-refractivity contribution is 4.87. The maximum atomic E-state index is 5.88. The van der Waals surface area contributed by atoms with E-state index < -0.39 is 0 Å². The van der Waals surface area contributed by atoms with Crippen LogP contribution in [-0.2, 0) is 11.3 Å². The van der Waals surface area contributed by atoms with Gasteiger partial charge in [-0.25, -0.2) is 0 Å². The lowest BCUT2D eigenvalue weighted by Crippen LogP contribution is -2.48. The van der Waals surface area contributed by atoms with E-state index in [1.165, 1.54) is 32.1 Å². The molecule has 2 saturated heterocycles. The summed E-state index contributed by atoms with van der Waals surface area (Å²) in [6.07, 6.45) is 6.67. The predicted molar refractivity (Wildman–Crippen MR) is 83.6 cm³/mol. The molecule has 0 N–H and O–H groups in total. The Morgan fingerprint density at radius 2 is 2.18 bits per heavy atom. The first-order valence-corrected chi connectivity index (χ1v) is 8.54. The highest BCUT2D eigenvalue weighted by atomic mass is 16.5. The fourth-order valence-corrected chi connectivity index (χ4v) is 3.56. The zero-order chi connectivity index (χ0) is 15.4. The number of ether oxygens (including phenoxy) is 1. The molecule has 0 unspecified atom stereocenters. The summed E-state index contributed by atoms with van der Waals surface area (Å²) < 4.78 is 10.9. The van der Waals surface area contributed by atoms with E-state index in [1.807, 2.05) is 6.92 Å². The lowest BCUT2D eigenvalue weighted by molar-refractivity contribution is -0.0153. The minimum absolute atomic E-state index is 0.425. The summed E-state index contributed by atoms with van der Waals surface area (Å²) in [5.74, 6) is 1.45. The molecular weight excluding hydrogens is 280 g/mol. The lowest BCUT2D eigenvalue weighted by atomic mass is 10.0. The molecule has 6 nitrogen and oxygen atoms in total. The van der Waals surface area contributed by atoms with Gasteiger partial charge in [0.15, 0.2) is 5.82 Å². The molecule has 3 heterocycles. The van der Waals surface area contributed by atoms with Crippen LogP contribution < -0.4 is 0 Å². The van der Waals surface area contributed by atoms with Crippen molar-refractivity contribution in [1.82, 2.24) is 19.9 Å². The molecule has 124 valence electrons. The molecule has 0 aliphatic carbocycles. The lowest BCUT2D eigenvalue weighted by Gasteiger charge is -2.39. The molecule has 1 aromatic rings. The minimum Gasteiger partial charge on any atom is -0.377 e. The van der Waals surface area contributed by atoms with Crippen LogP contribution in [0.2, 0.25) is 0 Å². The van der Waals surface area contributed by atoms with Crippen LogP contribution >= 0.6 is 0 Å². The van der Waals surface area contributed by atoms with Crippen molar-refractivity contribution in [2.45, 2.75) is 57.7 Å². The van der Waals surface area contributed by atoms with Crippen LogP contribution in [0.15, 0.2) is 4.52 Å². The van der Waals surface area contributed by atoms with Crippen molar-refractivity contribution < 1.29 is 9.26 Å². The van der Waals surface area contributed by atoms with E-state index in [2.05, 4.69) is 27.0 Å². The number of likely N-dealkylation sites (tertiary alicyclic amines) is 1. The first kappa shape index (κ1) is 15.9. The topological polar surface area (TPSA) is 54.6 Å². The molecule has 0 amide bonds. The minimum atomic E-state index is 0.425. The molecule has 0 radical (unpaired) electrons. The van der Waals surface area contributed by atoms with E-state index in [-0.39, 0.29) is 0 Å². The first-order valence-electron chi connectivity index (χ1n) is 8.54. The third-order valence-electron chi connectivity index (χ3n) is 4.80. The van der Waals surface area contributed by atoms with Crippen molar-refractivity contribution >= 4 is 0 Å². The van der Waals surface area contributed by atoms with Gasteiger partial charge < -0.3 is 9.26 Å². The Bertz CT molecular complexity index is 459. The van der Waals surface area contributed by atoms with E-state index in [1.54, 1.807) is 0 Å². The zero-order valence-corrected chi connectivity index (χ0v) is 13.8. The highest BCUT2D eigenvalue weighted by Gasteiger charge is 2.26. The number of aryl methyl sites for hydroxylation is 1. The summed E-state index contributed by atoms with van der Waals surface area (Å²) in [7, 11) is 2.24. The standard InChI is InChI=1S/C16H28N4O2/c1-13-17-16(18-22-13)12-20-8-5-6-14(10-20)19(2)11-15-7-3-4-9-21-15/h14-15H,3-12H2,1-2H3/t14-,15-/m1/s1. The number of aromatic nitrogens is 2. The molecule has 2 fully saturated rings. The summed E-state index contributed by atoms with van der Waals surface area (Å²) in [6, 6.07) is 0.604. The molecule has 2 atom stereocenters. The monoisotopic (exact) mass is 308 g/mol. The maximum Gasteiger partial charge on any atom is 0.223 e. The number of likely N-dealkylation sites (N-methyl/N-ethyl adjacent to an activating group) is 1. The Kier molecular flexibility index (Phi) is 5.44. The molecule has 1 aromatic heterocycles. The number of nitrogens with zero attached hydrogens (tertiary/aromatic N) is 4. The van der Waals surface area contributed by atoms with Crippen molar-refractivity contribution in [2.24, 2.45) is 0 Å². The van der Waals surface area contributed by atoms with Crippen molar-refractivity contribution in [1.29, 1.82) is 0 Å². The molecule has 2 aliphatic rings. The predicted octanol–water partition coefficient (Wildman–Crippen LogP) is 1.84. The van der Waals surface area contributed by atoms with E-state index in [0.29, 0.717) is 18.0 Å². The molecule has 0 aromatic carbocycles. The van der Waals surface area contributed by atoms with Gasteiger partial charge >= 0.3 is 0 Å². The molecular formula is C16H28N4O2. The summed E-state index contributed by atoms with van der Waals surface area (Å²) in [5.41, 5.74) is 0. The van der Waals surface area contributed by atoms with Crippen LogP contribution in [0.3, 0.4) is 0 Å². The summed E-state index contributed by atoms with van der Waals surface area (Å²) >= 11 is 0. The van der Waals surface area contributed by atoms with Crippen molar-refractivity contribution in [3.8, 4) is 0 Å². The average Bonchev–Trinajstić information content (AvgIpc) is 2.93. The van der Waals surface area contributed by atoms with Crippen LogP contribution in [0, 0.1) is 6.92 Å². The Balaban J connectivity index is 1.48. The van der Waals surface area contributed by atoms with Crippen molar-refractivity contribution in [2.75, 3.05) is 33.3 Å². The van der Waals surface area contributed by atoms with Gasteiger partial charge in [-0.15, -0.1) is 0 Å². The van der Waals surface area contributed by atoms with E-state index in [9.17, 15) is 0 Å². The van der Waals surface area contributed by atoms with Gasteiger partial charge in [0, 0.05) is 32.7 Å². The van der Waals surface area contributed by atoms with E-state index in [0.717, 1.165) is 38.6 Å². The molecule has 0 bridgehead atoms. The molecule has 0 saturated carbocycles. The molecule has 0 spiro atoms. The Morgan fingerprint density at radius 1 is 1.27 bits per heavy atom. The normalized spacial score (nSPS) is 27.4. The Labute approximate surface area is 132 Å². The van der Waals surface area contributed by atoms with E-state index >= 15 is 0 Å². The van der Waals surface area contributed by atoms with Gasteiger partial charge in [-0.1, -0.05) is 5.16 Å². The van der Waals surface area contributed by atoms with E-state index in [4.69, 9.17) is 9.26 Å². The zero-order valence-electron chi connectivity index (χ0n) is 13.8.